The lowest BCUT2D eigenvalue weighted by Gasteiger charge is -2.18. The summed E-state index contributed by atoms with van der Waals surface area (Å²) in [7, 11) is 1.40. The second-order valence-corrected chi connectivity index (χ2v) is 8.77. The molecule has 0 bridgehead atoms. The fourth-order valence-corrected chi connectivity index (χ4v) is 5.27. The fourth-order valence-electron chi connectivity index (χ4n) is 3.13. The Labute approximate surface area is 165 Å². The maximum absolute atomic E-state index is 12.3. The third kappa shape index (κ3) is 3.74. The van der Waals surface area contributed by atoms with Crippen molar-refractivity contribution in [1.29, 1.82) is 0 Å². The molecule has 1 atom stereocenters. The van der Waals surface area contributed by atoms with Gasteiger partial charge in [0.15, 0.2) is 0 Å². The van der Waals surface area contributed by atoms with Crippen LogP contribution in [0.1, 0.15) is 45.3 Å². The number of phenolic OH excluding ortho intramolecular Hbond substituents is 1. The maximum Gasteiger partial charge on any atom is 0.341 e. The zero-order valence-electron chi connectivity index (χ0n) is 14.4. The van der Waals surface area contributed by atoms with Gasteiger partial charge in [-0.1, -0.05) is 6.92 Å². The molecule has 0 spiro atoms. The lowest BCUT2D eigenvalue weighted by atomic mass is 9.88. The van der Waals surface area contributed by atoms with Crippen LogP contribution in [-0.4, -0.2) is 24.4 Å². The van der Waals surface area contributed by atoms with Crippen LogP contribution >= 0.6 is 33.9 Å². The molecule has 1 heterocycles. The molecule has 132 valence electrons. The minimum Gasteiger partial charge on any atom is -0.507 e. The van der Waals surface area contributed by atoms with E-state index in [1.807, 2.05) is 19.1 Å². The molecule has 1 aromatic carbocycles. The molecular formula is C19H20INO3S. The lowest BCUT2D eigenvalue weighted by molar-refractivity contribution is 0.0600. The molecule has 0 fully saturated rings. The molecule has 4 nitrogen and oxygen atoms in total. The van der Waals surface area contributed by atoms with Gasteiger partial charge in [0.2, 0.25) is 0 Å². The van der Waals surface area contributed by atoms with Crippen molar-refractivity contribution in [2.24, 2.45) is 10.9 Å². The van der Waals surface area contributed by atoms with Crippen LogP contribution in [0.2, 0.25) is 0 Å². The summed E-state index contributed by atoms with van der Waals surface area (Å²) in [5.74, 6) is 0.511. The van der Waals surface area contributed by atoms with E-state index in [0.717, 1.165) is 34.0 Å². The molecule has 0 saturated heterocycles. The number of hydrogen-bond donors (Lipinski definition) is 1. The highest BCUT2D eigenvalue weighted by Gasteiger charge is 2.27. The summed E-state index contributed by atoms with van der Waals surface area (Å²) < 4.78 is 6.01. The molecule has 1 unspecified atom stereocenters. The van der Waals surface area contributed by atoms with Crippen molar-refractivity contribution in [3.8, 4) is 5.75 Å². The van der Waals surface area contributed by atoms with E-state index in [1.165, 1.54) is 12.0 Å². The van der Waals surface area contributed by atoms with Gasteiger partial charge < -0.3 is 9.84 Å². The first-order valence-electron chi connectivity index (χ1n) is 8.16. The molecule has 25 heavy (non-hydrogen) atoms. The van der Waals surface area contributed by atoms with Crippen molar-refractivity contribution in [2.75, 3.05) is 7.11 Å². The number of methoxy groups -OCH3 is 1. The molecule has 0 saturated carbocycles. The molecule has 2 aromatic rings. The third-order valence-electron chi connectivity index (χ3n) is 4.50. The molecule has 1 N–H and O–H groups in total. The monoisotopic (exact) mass is 469 g/mol. The minimum absolute atomic E-state index is 0.221. The molecule has 0 amide bonds. The quantitative estimate of drug-likeness (QED) is 0.390. The van der Waals surface area contributed by atoms with Crippen LogP contribution in [0, 0.1) is 16.4 Å². The van der Waals surface area contributed by atoms with Crippen molar-refractivity contribution in [3.05, 3.63) is 42.8 Å². The maximum atomic E-state index is 12.3. The van der Waals surface area contributed by atoms with E-state index in [0.29, 0.717) is 22.0 Å². The highest BCUT2D eigenvalue weighted by atomic mass is 127. The van der Waals surface area contributed by atoms with Gasteiger partial charge in [0, 0.05) is 20.2 Å². The molecule has 0 radical (unpaired) electrons. The number of carbonyl (C=O) groups excluding carboxylic acids is 1. The summed E-state index contributed by atoms with van der Waals surface area (Å²) in [5.41, 5.74) is 3.14. The first-order chi connectivity index (χ1) is 11.9. The third-order valence-corrected chi connectivity index (χ3v) is 6.28. The highest BCUT2D eigenvalue weighted by Crippen LogP contribution is 2.41. The van der Waals surface area contributed by atoms with Gasteiger partial charge in [0.05, 0.1) is 12.7 Å². The molecule has 3 rings (SSSR count). The normalized spacial score (nSPS) is 16.9. The minimum atomic E-state index is -0.331. The number of aromatic hydroxyl groups is 1. The number of halogens is 1. The summed E-state index contributed by atoms with van der Waals surface area (Å²) >= 11 is 3.77. The van der Waals surface area contributed by atoms with Crippen molar-refractivity contribution in [1.82, 2.24) is 0 Å². The number of aliphatic imine (C=N–C) groups is 1. The summed E-state index contributed by atoms with van der Waals surface area (Å²) in [4.78, 5) is 18.1. The Bertz CT molecular complexity index is 857. The number of ether oxygens (including phenoxy) is 1. The van der Waals surface area contributed by atoms with Crippen molar-refractivity contribution >= 4 is 51.1 Å². The van der Waals surface area contributed by atoms with E-state index < -0.39 is 0 Å². The summed E-state index contributed by atoms with van der Waals surface area (Å²) in [6.07, 6.45) is 4.58. The first kappa shape index (κ1) is 18.4. The van der Waals surface area contributed by atoms with Gasteiger partial charge in [-0.25, -0.2) is 9.79 Å². The van der Waals surface area contributed by atoms with Crippen molar-refractivity contribution in [3.63, 3.8) is 0 Å². The lowest BCUT2D eigenvalue weighted by Crippen LogP contribution is -2.12. The molecular weight excluding hydrogens is 449 g/mol. The fraction of sp³-hybridized carbons (Fsp3) is 0.368. The van der Waals surface area contributed by atoms with E-state index >= 15 is 0 Å². The number of benzene rings is 1. The molecule has 0 aliphatic heterocycles. The van der Waals surface area contributed by atoms with Gasteiger partial charge in [-0.2, -0.15) is 0 Å². The van der Waals surface area contributed by atoms with Crippen LogP contribution < -0.4 is 0 Å². The number of rotatable bonds is 3. The van der Waals surface area contributed by atoms with Gasteiger partial charge in [0.25, 0.3) is 0 Å². The predicted octanol–water partition coefficient (Wildman–Crippen LogP) is 5.03. The van der Waals surface area contributed by atoms with Gasteiger partial charge >= 0.3 is 5.97 Å². The number of esters is 1. The second kappa shape index (κ2) is 7.45. The Morgan fingerprint density at radius 2 is 2.24 bits per heavy atom. The number of carbonyl (C=O) groups is 1. The molecule has 6 heteroatoms. The van der Waals surface area contributed by atoms with Gasteiger partial charge in [-0.3, -0.25) is 0 Å². The van der Waals surface area contributed by atoms with E-state index in [9.17, 15) is 9.90 Å². The van der Waals surface area contributed by atoms with Crippen LogP contribution in [0.3, 0.4) is 0 Å². The van der Waals surface area contributed by atoms with Gasteiger partial charge in [-0.15, -0.1) is 11.3 Å². The number of phenols is 1. The summed E-state index contributed by atoms with van der Waals surface area (Å²) in [5, 5.41) is 10.9. The smallest absolute Gasteiger partial charge is 0.341 e. The average Bonchev–Trinajstić information content (AvgIpc) is 2.93. The SMILES string of the molecule is COC(=O)c1c(/N=C/c2cc(I)cc(C)c2O)sc2c1CCC(C)C2. The van der Waals surface area contributed by atoms with E-state index in [4.69, 9.17) is 4.74 Å². The van der Waals surface area contributed by atoms with E-state index in [-0.39, 0.29) is 11.7 Å². The van der Waals surface area contributed by atoms with Crippen LogP contribution in [-0.2, 0) is 17.6 Å². The number of thiophene rings is 1. The van der Waals surface area contributed by atoms with Crippen LogP contribution in [0.15, 0.2) is 17.1 Å². The van der Waals surface area contributed by atoms with Crippen LogP contribution in [0.4, 0.5) is 5.00 Å². The largest absolute Gasteiger partial charge is 0.507 e. The first-order valence-corrected chi connectivity index (χ1v) is 10.1. The van der Waals surface area contributed by atoms with Crippen LogP contribution in [0.25, 0.3) is 0 Å². The Balaban J connectivity index is 2.04. The van der Waals surface area contributed by atoms with E-state index in [1.54, 1.807) is 17.6 Å². The molecule has 1 aliphatic carbocycles. The van der Waals surface area contributed by atoms with Crippen LogP contribution in [0.5, 0.6) is 5.75 Å². The Kier molecular flexibility index (Phi) is 5.48. The highest BCUT2D eigenvalue weighted by molar-refractivity contribution is 14.1. The summed E-state index contributed by atoms with van der Waals surface area (Å²) in [6.45, 7) is 4.09. The van der Waals surface area contributed by atoms with Crippen molar-refractivity contribution in [2.45, 2.75) is 33.1 Å². The van der Waals surface area contributed by atoms with Crippen molar-refractivity contribution < 1.29 is 14.6 Å². The Hall–Kier alpha value is -1.41. The average molecular weight is 469 g/mol. The second-order valence-electron chi connectivity index (χ2n) is 6.44. The standard InChI is InChI=1S/C19H20INO3S/c1-10-4-5-14-15(6-10)25-18(16(14)19(23)24-3)21-9-12-8-13(20)7-11(2)17(12)22/h7-10,22H,4-6H2,1-3H3/b21-9+. The van der Waals surface area contributed by atoms with Gasteiger partial charge in [0.1, 0.15) is 10.8 Å². The zero-order chi connectivity index (χ0) is 18.1. The van der Waals surface area contributed by atoms with Gasteiger partial charge in [-0.05, 0) is 78.0 Å². The topological polar surface area (TPSA) is 58.9 Å². The summed E-state index contributed by atoms with van der Waals surface area (Å²) in [6, 6.07) is 3.79. The zero-order valence-corrected chi connectivity index (χ0v) is 17.4. The number of hydrogen-bond acceptors (Lipinski definition) is 5. The molecule has 1 aliphatic rings. The number of fused-ring (bicyclic) bond motifs is 1. The molecule has 1 aromatic heterocycles. The number of nitrogens with zero attached hydrogens (tertiary/aromatic N) is 1. The Morgan fingerprint density at radius 3 is 2.96 bits per heavy atom. The Morgan fingerprint density at radius 1 is 1.48 bits per heavy atom. The predicted molar refractivity (Wildman–Crippen MR) is 110 cm³/mol. The number of aryl methyl sites for hydroxylation is 1. The van der Waals surface area contributed by atoms with E-state index in [2.05, 4.69) is 34.5 Å².